The third-order valence-corrected chi connectivity index (χ3v) is 4.03. The average Bonchev–Trinajstić information content (AvgIpc) is 3.37. The summed E-state index contributed by atoms with van der Waals surface area (Å²) in [5, 5.41) is 3.91. The largest absolute Gasteiger partial charge is 0.455 e. The van der Waals surface area contributed by atoms with Crippen molar-refractivity contribution in [3.8, 4) is 22.8 Å². The maximum Gasteiger partial charge on any atom is 0.312 e. The van der Waals surface area contributed by atoms with Crippen LogP contribution in [0.15, 0.2) is 69.8 Å². The molecule has 0 N–H and O–H groups in total. The first-order valence-electron chi connectivity index (χ1n) is 8.72. The fraction of sp³-hybridized carbons (Fsp3) is 0.143. The highest BCUT2D eigenvalue weighted by Gasteiger charge is 2.14. The van der Waals surface area contributed by atoms with E-state index in [1.54, 1.807) is 0 Å². The van der Waals surface area contributed by atoms with Crippen molar-refractivity contribution in [3.63, 3.8) is 0 Å². The molecule has 2 aromatic heterocycles. The normalized spacial score (nSPS) is 10.8. The third-order valence-electron chi connectivity index (χ3n) is 4.03. The maximum absolute atomic E-state index is 12.1. The standard InChI is InChI=1S/C21H17N3O4/c1-14-7-9-15(10-8-14)20-23-18(28-24-20)13-26-19(25)11-17-12-27-21(22-17)16-5-3-2-4-6-16/h2-10,12H,11,13H2,1H3. The van der Waals surface area contributed by atoms with Crippen LogP contribution < -0.4 is 0 Å². The van der Waals surface area contributed by atoms with E-state index in [4.69, 9.17) is 13.7 Å². The number of esters is 1. The van der Waals surface area contributed by atoms with Gasteiger partial charge in [-0.2, -0.15) is 4.98 Å². The van der Waals surface area contributed by atoms with Crippen molar-refractivity contribution >= 4 is 5.97 Å². The van der Waals surface area contributed by atoms with Crippen LogP contribution in [0.4, 0.5) is 0 Å². The van der Waals surface area contributed by atoms with Crippen LogP contribution in [0, 0.1) is 6.92 Å². The van der Waals surface area contributed by atoms with Crippen LogP contribution in [-0.2, 0) is 22.6 Å². The number of carbonyl (C=O) groups is 1. The van der Waals surface area contributed by atoms with Crippen LogP contribution in [0.5, 0.6) is 0 Å². The molecule has 0 spiro atoms. The number of benzene rings is 2. The van der Waals surface area contributed by atoms with Gasteiger partial charge in [0.1, 0.15) is 6.26 Å². The van der Waals surface area contributed by atoms with Crippen molar-refractivity contribution in [3.05, 3.63) is 78.0 Å². The van der Waals surface area contributed by atoms with E-state index in [2.05, 4.69) is 15.1 Å². The summed E-state index contributed by atoms with van der Waals surface area (Å²) in [5.74, 6) is 0.690. The zero-order chi connectivity index (χ0) is 19.3. The number of aryl methyl sites for hydroxylation is 1. The number of oxazole rings is 1. The van der Waals surface area contributed by atoms with E-state index in [0.717, 1.165) is 16.7 Å². The molecular formula is C21H17N3O4. The maximum atomic E-state index is 12.1. The summed E-state index contributed by atoms with van der Waals surface area (Å²) in [5.41, 5.74) is 3.32. The van der Waals surface area contributed by atoms with Gasteiger partial charge in [-0.25, -0.2) is 4.98 Å². The zero-order valence-corrected chi connectivity index (χ0v) is 15.2. The molecule has 2 heterocycles. The van der Waals surface area contributed by atoms with Gasteiger partial charge in [0.2, 0.25) is 11.7 Å². The molecular weight excluding hydrogens is 358 g/mol. The molecule has 2 aromatic carbocycles. The summed E-state index contributed by atoms with van der Waals surface area (Å²) in [6, 6.07) is 17.2. The zero-order valence-electron chi connectivity index (χ0n) is 15.2. The second-order valence-electron chi connectivity index (χ2n) is 6.23. The Balaban J connectivity index is 1.33. The van der Waals surface area contributed by atoms with Gasteiger partial charge in [0.15, 0.2) is 6.61 Å². The van der Waals surface area contributed by atoms with Crippen LogP contribution in [0.3, 0.4) is 0 Å². The molecule has 7 nitrogen and oxygen atoms in total. The van der Waals surface area contributed by atoms with Crippen molar-refractivity contribution in [2.45, 2.75) is 20.0 Å². The number of carbonyl (C=O) groups excluding carboxylic acids is 1. The van der Waals surface area contributed by atoms with Gasteiger partial charge in [0.25, 0.3) is 5.89 Å². The number of nitrogens with zero attached hydrogens (tertiary/aromatic N) is 3. The highest BCUT2D eigenvalue weighted by molar-refractivity contribution is 5.72. The van der Waals surface area contributed by atoms with Crippen LogP contribution in [-0.4, -0.2) is 21.1 Å². The smallest absolute Gasteiger partial charge is 0.312 e. The van der Waals surface area contributed by atoms with E-state index in [9.17, 15) is 4.79 Å². The van der Waals surface area contributed by atoms with E-state index >= 15 is 0 Å². The second kappa shape index (κ2) is 7.87. The summed E-state index contributed by atoms with van der Waals surface area (Å²) in [6.07, 6.45) is 1.45. The summed E-state index contributed by atoms with van der Waals surface area (Å²) in [7, 11) is 0. The third kappa shape index (κ3) is 4.15. The van der Waals surface area contributed by atoms with Gasteiger partial charge >= 0.3 is 5.97 Å². The highest BCUT2D eigenvalue weighted by atomic mass is 16.6. The minimum absolute atomic E-state index is 0.00467. The molecule has 0 saturated heterocycles. The van der Waals surface area contributed by atoms with Gasteiger partial charge in [-0.3, -0.25) is 4.79 Å². The SMILES string of the molecule is Cc1ccc(-c2noc(COC(=O)Cc3coc(-c4ccccc4)n3)n2)cc1. The van der Waals surface area contributed by atoms with Gasteiger partial charge in [-0.05, 0) is 19.1 Å². The van der Waals surface area contributed by atoms with Crippen LogP contribution in [0.25, 0.3) is 22.8 Å². The van der Waals surface area contributed by atoms with Gasteiger partial charge in [0.05, 0.1) is 12.1 Å². The lowest BCUT2D eigenvalue weighted by molar-refractivity contribution is -0.145. The van der Waals surface area contributed by atoms with Crippen molar-refractivity contribution in [1.29, 1.82) is 0 Å². The molecule has 28 heavy (non-hydrogen) atoms. The van der Waals surface area contributed by atoms with E-state index in [1.165, 1.54) is 6.26 Å². The molecule has 0 aliphatic heterocycles. The summed E-state index contributed by atoms with van der Waals surface area (Å²) < 4.78 is 15.8. The molecule has 0 bridgehead atoms. The molecule has 0 atom stereocenters. The van der Waals surface area contributed by atoms with Crippen molar-refractivity contribution in [2.75, 3.05) is 0 Å². The number of aromatic nitrogens is 3. The fourth-order valence-electron chi connectivity index (χ4n) is 2.58. The first kappa shape index (κ1) is 17.7. The Morgan fingerprint density at radius 2 is 1.79 bits per heavy atom. The lowest BCUT2D eigenvalue weighted by atomic mass is 10.1. The van der Waals surface area contributed by atoms with Crippen LogP contribution in [0.2, 0.25) is 0 Å². The average molecular weight is 375 g/mol. The molecule has 4 rings (SSSR count). The van der Waals surface area contributed by atoms with Crippen molar-refractivity contribution in [1.82, 2.24) is 15.1 Å². The first-order chi connectivity index (χ1) is 13.7. The highest BCUT2D eigenvalue weighted by Crippen LogP contribution is 2.19. The fourth-order valence-corrected chi connectivity index (χ4v) is 2.58. The van der Waals surface area contributed by atoms with E-state index < -0.39 is 5.97 Å². The molecule has 0 amide bonds. The Morgan fingerprint density at radius 3 is 2.57 bits per heavy atom. The van der Waals surface area contributed by atoms with E-state index in [0.29, 0.717) is 17.4 Å². The predicted molar refractivity (Wildman–Crippen MR) is 99.9 cm³/mol. The Hall–Kier alpha value is -3.74. The number of ether oxygens (including phenoxy) is 1. The predicted octanol–water partition coefficient (Wildman–Crippen LogP) is 3.99. The van der Waals surface area contributed by atoms with Gasteiger partial charge in [0, 0.05) is 11.1 Å². The Kier molecular flexibility index (Phi) is 4.97. The molecule has 7 heteroatoms. The molecule has 0 saturated carbocycles. The van der Waals surface area contributed by atoms with Crippen molar-refractivity contribution in [2.24, 2.45) is 0 Å². The molecule has 0 unspecified atom stereocenters. The number of hydrogen-bond donors (Lipinski definition) is 0. The summed E-state index contributed by atoms with van der Waals surface area (Å²) in [4.78, 5) is 20.6. The van der Waals surface area contributed by atoms with Crippen molar-refractivity contribution < 1.29 is 18.5 Å². The Morgan fingerprint density at radius 1 is 1.00 bits per heavy atom. The topological polar surface area (TPSA) is 91.2 Å². The second-order valence-corrected chi connectivity index (χ2v) is 6.23. The molecule has 140 valence electrons. The van der Waals surface area contributed by atoms with E-state index in [1.807, 2.05) is 61.5 Å². The molecule has 0 radical (unpaired) electrons. The first-order valence-corrected chi connectivity index (χ1v) is 8.72. The quantitative estimate of drug-likeness (QED) is 0.471. The Labute approximate surface area is 161 Å². The van der Waals surface area contributed by atoms with Gasteiger partial charge in [-0.1, -0.05) is 53.2 Å². The lowest BCUT2D eigenvalue weighted by Crippen LogP contribution is -2.08. The molecule has 4 aromatic rings. The summed E-state index contributed by atoms with van der Waals surface area (Å²) >= 11 is 0. The lowest BCUT2D eigenvalue weighted by Gasteiger charge is -1.99. The summed E-state index contributed by atoms with van der Waals surface area (Å²) in [6.45, 7) is 1.91. The van der Waals surface area contributed by atoms with Crippen LogP contribution >= 0.6 is 0 Å². The van der Waals surface area contributed by atoms with Gasteiger partial charge < -0.3 is 13.7 Å². The Bertz CT molecular complexity index is 1070. The van der Waals surface area contributed by atoms with Gasteiger partial charge in [-0.15, -0.1) is 0 Å². The number of hydrogen-bond acceptors (Lipinski definition) is 7. The molecule has 0 aliphatic carbocycles. The number of rotatable bonds is 6. The minimum atomic E-state index is -0.456. The molecule has 0 fully saturated rings. The van der Waals surface area contributed by atoms with Crippen LogP contribution in [0.1, 0.15) is 17.1 Å². The van der Waals surface area contributed by atoms with E-state index in [-0.39, 0.29) is 18.9 Å². The monoisotopic (exact) mass is 375 g/mol. The minimum Gasteiger partial charge on any atom is -0.455 e. The molecule has 0 aliphatic rings.